The van der Waals surface area contributed by atoms with Gasteiger partial charge in [0.25, 0.3) is 0 Å². The second-order valence-electron chi connectivity index (χ2n) is 0.481. The van der Waals surface area contributed by atoms with E-state index >= 15 is 0 Å². The molecule has 0 saturated heterocycles. The maximum absolute atomic E-state index is 7.58. The summed E-state index contributed by atoms with van der Waals surface area (Å²) in [5.41, 5.74) is 0. The van der Waals surface area contributed by atoms with Gasteiger partial charge in [-0.2, -0.15) is 0 Å². The molecule has 0 aliphatic rings. The number of hydrogen-bond donors (Lipinski definition) is 1. The van der Waals surface area contributed by atoms with Gasteiger partial charge in [-0.3, -0.25) is 0 Å². The van der Waals surface area contributed by atoms with Crippen molar-refractivity contribution in [2.24, 2.45) is 5.16 Å². The summed E-state index contributed by atoms with van der Waals surface area (Å²) < 4.78 is 0. The first-order valence-electron chi connectivity index (χ1n) is 1.06. The molecule has 0 saturated carbocycles. The molecule has 0 aromatic rings. The Labute approximate surface area is 39.7 Å². The average molecular weight is 104 g/mol. The lowest BCUT2D eigenvalue weighted by Gasteiger charge is -1.66. The molecule has 6 heavy (non-hydrogen) atoms. The van der Waals surface area contributed by atoms with Crippen molar-refractivity contribution in [2.75, 3.05) is 0 Å². The molecule has 0 spiro atoms. The van der Waals surface area contributed by atoms with E-state index in [4.69, 9.17) is 23.4 Å². The van der Waals surface area contributed by atoms with Crippen molar-refractivity contribution in [3.63, 3.8) is 0 Å². The molecule has 0 aromatic carbocycles. The monoisotopic (exact) mass is 104 g/mol. The normalized spacial score (nSPS) is 10.3. The first kappa shape index (κ1) is 5.25. The van der Waals surface area contributed by atoms with Crippen LogP contribution in [0.25, 0.3) is 4.85 Å². The summed E-state index contributed by atoms with van der Waals surface area (Å²) in [7, 11) is 0. The van der Waals surface area contributed by atoms with E-state index in [1.165, 1.54) is 0 Å². The van der Waals surface area contributed by atoms with Crippen LogP contribution < -0.4 is 0 Å². The molecule has 0 fully saturated rings. The third kappa shape index (κ3) is 1.56. The Bertz CT molecular complexity index is 103. The smallest absolute Gasteiger partial charge is 0.347 e. The number of halogens is 1. The summed E-state index contributed by atoms with van der Waals surface area (Å²) in [6.07, 6.45) is 0. The fourth-order valence-corrected chi connectivity index (χ4v) is 0.0224. The zero-order chi connectivity index (χ0) is 4.99. The Hall–Kier alpha value is -0.750. The molecule has 0 aromatic heterocycles. The highest BCUT2D eigenvalue weighted by Crippen LogP contribution is 1.81. The van der Waals surface area contributed by atoms with Crippen LogP contribution in [0.2, 0.25) is 0 Å². The van der Waals surface area contributed by atoms with Gasteiger partial charge in [-0.1, -0.05) is 18.2 Å². The molecule has 32 valence electrons. The number of rotatable bonds is 0. The molecule has 0 heterocycles. The standard InChI is InChI=1S/C2HClN2O/c1-4-2(3)5-6/h6H/b5-2-. The maximum atomic E-state index is 7.58. The summed E-state index contributed by atoms with van der Waals surface area (Å²) in [6.45, 7) is 6.01. The minimum atomic E-state index is -0.463. The van der Waals surface area contributed by atoms with Crippen LogP contribution in [0, 0.1) is 6.57 Å². The van der Waals surface area contributed by atoms with Crippen LogP contribution in [0.4, 0.5) is 0 Å². The summed E-state index contributed by atoms with van der Waals surface area (Å²) in [4.78, 5) is 2.52. The Kier molecular flexibility index (Phi) is 2.17. The van der Waals surface area contributed by atoms with Crippen molar-refractivity contribution in [2.45, 2.75) is 0 Å². The number of oxime groups is 1. The molecule has 4 heteroatoms. The van der Waals surface area contributed by atoms with Gasteiger partial charge in [0.2, 0.25) is 0 Å². The van der Waals surface area contributed by atoms with Crippen LogP contribution in [-0.2, 0) is 0 Å². The number of nitrogens with zero attached hydrogens (tertiary/aromatic N) is 2. The summed E-state index contributed by atoms with van der Waals surface area (Å²) in [5.74, 6) is 0. The van der Waals surface area contributed by atoms with Crippen LogP contribution in [0.3, 0.4) is 0 Å². The lowest BCUT2D eigenvalue weighted by atomic mass is 11.3. The minimum absolute atomic E-state index is 0.463. The summed E-state index contributed by atoms with van der Waals surface area (Å²) in [6, 6.07) is 0. The average Bonchev–Trinajstić information content (AvgIpc) is 1.65. The first-order valence-corrected chi connectivity index (χ1v) is 1.44. The zero-order valence-electron chi connectivity index (χ0n) is 2.72. The SMILES string of the molecule is [C-]#[N+]/C(Cl)=N\O. The Morgan fingerprint density at radius 1 is 2.00 bits per heavy atom. The molecule has 3 nitrogen and oxygen atoms in total. The second-order valence-corrected chi connectivity index (χ2v) is 0.819. The van der Waals surface area contributed by atoms with Gasteiger partial charge in [0.05, 0.1) is 5.16 Å². The van der Waals surface area contributed by atoms with Crippen LogP contribution in [0.15, 0.2) is 5.16 Å². The van der Waals surface area contributed by atoms with Crippen molar-refractivity contribution < 1.29 is 5.21 Å². The van der Waals surface area contributed by atoms with Crippen LogP contribution >= 0.6 is 11.6 Å². The molecule has 0 atom stereocenters. The highest BCUT2D eigenvalue weighted by Gasteiger charge is 1.81. The Balaban J connectivity index is 3.61. The van der Waals surface area contributed by atoms with Gasteiger partial charge in [-0.15, -0.1) is 0 Å². The van der Waals surface area contributed by atoms with Gasteiger partial charge in [0.15, 0.2) is 0 Å². The number of hydrogen-bond acceptors (Lipinski definition) is 2. The largest absolute Gasteiger partial charge is 0.384 e. The van der Waals surface area contributed by atoms with Gasteiger partial charge in [0, 0.05) is 0 Å². The molecule has 0 aliphatic carbocycles. The quantitative estimate of drug-likeness (QED) is 0.122. The summed E-state index contributed by atoms with van der Waals surface area (Å²) in [5, 5.41) is 9.45. The fourth-order valence-electron chi connectivity index (χ4n) is 0.0224. The highest BCUT2D eigenvalue weighted by atomic mass is 35.5. The van der Waals surface area contributed by atoms with E-state index in [1.807, 2.05) is 0 Å². The first-order chi connectivity index (χ1) is 2.81. The van der Waals surface area contributed by atoms with Crippen molar-refractivity contribution in [1.29, 1.82) is 0 Å². The zero-order valence-corrected chi connectivity index (χ0v) is 3.48. The predicted octanol–water partition coefficient (Wildman–Crippen LogP) is 0.890. The van der Waals surface area contributed by atoms with Gasteiger partial charge in [0.1, 0.15) is 0 Å². The van der Waals surface area contributed by atoms with E-state index < -0.39 is 5.29 Å². The predicted molar refractivity (Wildman–Crippen MR) is 21.7 cm³/mol. The fraction of sp³-hybridized carbons (Fsp3) is 0. The van der Waals surface area contributed by atoms with E-state index in [2.05, 4.69) is 10.0 Å². The van der Waals surface area contributed by atoms with E-state index in [0.717, 1.165) is 0 Å². The molecule has 0 aliphatic heterocycles. The van der Waals surface area contributed by atoms with Crippen molar-refractivity contribution in [3.8, 4) is 0 Å². The number of amidine groups is 1. The lowest BCUT2D eigenvalue weighted by molar-refractivity contribution is 0.321. The van der Waals surface area contributed by atoms with Crippen molar-refractivity contribution in [3.05, 3.63) is 11.4 Å². The molecule has 0 radical (unpaired) electrons. The molecule has 0 rings (SSSR count). The van der Waals surface area contributed by atoms with Gasteiger partial charge < -0.3 is 10.1 Å². The van der Waals surface area contributed by atoms with Crippen molar-refractivity contribution >= 4 is 16.9 Å². The van der Waals surface area contributed by atoms with Gasteiger partial charge in [-0.25, -0.2) is 0 Å². The third-order valence-corrected chi connectivity index (χ3v) is 0.335. The van der Waals surface area contributed by atoms with E-state index in [-0.39, 0.29) is 0 Å². The molecule has 0 bridgehead atoms. The van der Waals surface area contributed by atoms with E-state index in [9.17, 15) is 0 Å². The van der Waals surface area contributed by atoms with Crippen LogP contribution in [-0.4, -0.2) is 10.5 Å². The van der Waals surface area contributed by atoms with E-state index in [0.29, 0.717) is 0 Å². The summed E-state index contributed by atoms with van der Waals surface area (Å²) >= 11 is 4.80. The highest BCUT2D eigenvalue weighted by molar-refractivity contribution is 6.67. The Morgan fingerprint density at radius 2 is 2.50 bits per heavy atom. The maximum Gasteiger partial charge on any atom is 0.384 e. The van der Waals surface area contributed by atoms with Crippen LogP contribution in [0.5, 0.6) is 0 Å². The van der Waals surface area contributed by atoms with Crippen molar-refractivity contribution in [1.82, 2.24) is 0 Å². The molecule has 0 unspecified atom stereocenters. The van der Waals surface area contributed by atoms with Gasteiger partial charge >= 0.3 is 5.29 Å². The van der Waals surface area contributed by atoms with Crippen LogP contribution in [0.1, 0.15) is 0 Å². The van der Waals surface area contributed by atoms with Gasteiger partial charge in [-0.05, 0) is 0 Å². The molecular formula is C2HClN2O. The molecule has 0 amide bonds. The topological polar surface area (TPSA) is 37.0 Å². The molecular weight excluding hydrogens is 103 g/mol. The minimum Gasteiger partial charge on any atom is -0.347 e. The Morgan fingerprint density at radius 3 is 2.50 bits per heavy atom. The lowest BCUT2D eigenvalue weighted by Crippen LogP contribution is -1.69. The second kappa shape index (κ2) is 2.49. The third-order valence-electron chi connectivity index (χ3n) is 0.175. The molecule has 1 N–H and O–H groups in total. The van der Waals surface area contributed by atoms with E-state index in [1.54, 1.807) is 0 Å².